The summed E-state index contributed by atoms with van der Waals surface area (Å²) in [4.78, 5) is 22.7. The van der Waals surface area contributed by atoms with Crippen LogP contribution in [0.2, 0.25) is 0 Å². The number of methoxy groups -OCH3 is 1. The molecular weight excluding hydrogens is 486 g/mol. The van der Waals surface area contributed by atoms with Crippen LogP contribution in [0.3, 0.4) is 0 Å². The Labute approximate surface area is 221 Å². The number of pyridine rings is 1. The molecule has 0 bridgehead atoms. The molecule has 3 atom stereocenters. The number of anilines is 1. The van der Waals surface area contributed by atoms with E-state index >= 15 is 0 Å². The Balaban J connectivity index is 1.37. The highest BCUT2D eigenvalue weighted by Crippen LogP contribution is 2.27. The minimum Gasteiger partial charge on any atom is -0.383 e. The van der Waals surface area contributed by atoms with Crippen LogP contribution in [-0.2, 0) is 11.3 Å². The third kappa shape index (κ3) is 6.96. The molecule has 2 unspecified atom stereocenters. The molecule has 4 rings (SSSR count). The number of aromatic nitrogens is 1. The van der Waals surface area contributed by atoms with Crippen molar-refractivity contribution in [3.05, 3.63) is 58.4 Å². The maximum Gasteiger partial charge on any atom is 0.263 e. The van der Waals surface area contributed by atoms with Crippen LogP contribution in [0.1, 0.15) is 41.4 Å². The lowest BCUT2D eigenvalue weighted by atomic mass is 9.83. The average molecular weight is 520 g/mol. The number of nitrogens with zero attached hydrogens (tertiary/aromatic N) is 3. The third-order valence-corrected chi connectivity index (χ3v) is 7.59. The fourth-order valence-corrected chi connectivity index (χ4v) is 5.40. The number of fused-ring (bicyclic) bond motifs is 1. The lowest BCUT2D eigenvalue weighted by molar-refractivity contribution is 0.0922. The normalized spacial score (nSPS) is 19.7. The zero-order valence-electron chi connectivity index (χ0n) is 21.2. The largest absolute Gasteiger partial charge is 0.383 e. The van der Waals surface area contributed by atoms with E-state index in [4.69, 9.17) is 10.00 Å². The molecule has 1 amide bonds. The monoisotopic (exact) mass is 519 g/mol. The van der Waals surface area contributed by atoms with Crippen LogP contribution in [0, 0.1) is 17.4 Å². The van der Waals surface area contributed by atoms with Gasteiger partial charge in [0.1, 0.15) is 4.88 Å². The fourth-order valence-electron chi connectivity index (χ4n) is 4.63. The minimum atomic E-state index is -0.0699. The molecule has 4 N–H and O–H groups in total. The van der Waals surface area contributed by atoms with Crippen LogP contribution in [-0.4, -0.2) is 49.2 Å². The first-order chi connectivity index (χ1) is 18.1. The number of amides is 1. The van der Waals surface area contributed by atoms with E-state index < -0.39 is 0 Å². The second-order valence-corrected chi connectivity index (χ2v) is 10.1. The first-order valence-electron chi connectivity index (χ1n) is 12.5. The summed E-state index contributed by atoms with van der Waals surface area (Å²) >= 11 is 1.44. The lowest BCUT2D eigenvalue weighted by Crippen LogP contribution is -2.51. The summed E-state index contributed by atoms with van der Waals surface area (Å²) in [5.41, 5.74) is 2.91. The van der Waals surface area contributed by atoms with Crippen molar-refractivity contribution >= 4 is 39.8 Å². The lowest BCUT2D eigenvalue weighted by Gasteiger charge is -2.35. The van der Waals surface area contributed by atoms with Gasteiger partial charge in [0.2, 0.25) is 5.96 Å². The molecule has 37 heavy (non-hydrogen) atoms. The molecule has 1 aliphatic carbocycles. The molecule has 1 saturated carbocycles. The quantitative estimate of drug-likeness (QED) is 0.111. The van der Waals surface area contributed by atoms with Gasteiger partial charge in [-0.25, -0.2) is 0 Å². The Kier molecular flexibility index (Phi) is 9.29. The van der Waals surface area contributed by atoms with Crippen LogP contribution >= 0.6 is 11.3 Å². The van der Waals surface area contributed by atoms with Gasteiger partial charge in [-0.1, -0.05) is 25.1 Å². The number of benzene rings is 1. The number of para-hydroxylation sites is 1. The molecule has 2 aromatic heterocycles. The Hall–Kier alpha value is -3.68. The van der Waals surface area contributed by atoms with E-state index in [2.05, 4.69) is 44.2 Å². The Morgan fingerprint density at radius 1 is 1.24 bits per heavy atom. The van der Waals surface area contributed by atoms with Crippen LogP contribution in [0.15, 0.2) is 53.0 Å². The molecule has 9 nitrogen and oxygen atoms in total. The fraction of sp³-hybridized carbons (Fsp3) is 0.407. The maximum absolute atomic E-state index is 13.2. The second-order valence-electron chi connectivity index (χ2n) is 9.18. The average Bonchev–Trinajstić information content (AvgIpc) is 3.38. The van der Waals surface area contributed by atoms with Crippen LogP contribution in [0.4, 0.5) is 5.69 Å². The van der Waals surface area contributed by atoms with E-state index in [0.717, 1.165) is 41.4 Å². The van der Waals surface area contributed by atoms with E-state index in [9.17, 15) is 4.79 Å². The number of nitriles is 1. The van der Waals surface area contributed by atoms with E-state index in [1.807, 2.05) is 48.1 Å². The first-order valence-corrected chi connectivity index (χ1v) is 13.4. The highest BCUT2D eigenvalue weighted by molar-refractivity contribution is 7.12. The third-order valence-electron chi connectivity index (χ3n) is 6.67. The second kappa shape index (κ2) is 13.0. The minimum absolute atomic E-state index is 0.0302. The summed E-state index contributed by atoms with van der Waals surface area (Å²) in [5.74, 6) is 0.756. The van der Waals surface area contributed by atoms with Crippen molar-refractivity contribution in [1.29, 1.82) is 5.26 Å². The van der Waals surface area contributed by atoms with Crippen LogP contribution in [0.5, 0.6) is 0 Å². The van der Waals surface area contributed by atoms with Crippen molar-refractivity contribution in [3.63, 3.8) is 0 Å². The van der Waals surface area contributed by atoms with Gasteiger partial charge in [0.15, 0.2) is 6.19 Å². The molecule has 0 radical (unpaired) electrons. The molecule has 2 heterocycles. The first kappa shape index (κ1) is 26.4. The molecule has 1 aliphatic rings. The zero-order valence-corrected chi connectivity index (χ0v) is 22.0. The topological polar surface area (TPSA) is 123 Å². The zero-order chi connectivity index (χ0) is 26.0. The smallest absolute Gasteiger partial charge is 0.263 e. The predicted octanol–water partition coefficient (Wildman–Crippen LogP) is 3.86. The number of carbonyl (C=O) groups is 1. The molecule has 1 fully saturated rings. The number of ether oxygens (including phenoxy) is 1. The number of thiophene rings is 1. The summed E-state index contributed by atoms with van der Waals surface area (Å²) in [6, 6.07) is 12.1. The van der Waals surface area contributed by atoms with Crippen LogP contribution in [0.25, 0.3) is 10.9 Å². The number of hydrogen-bond acceptors (Lipinski definition) is 7. The summed E-state index contributed by atoms with van der Waals surface area (Å²) in [6.07, 6.45) is 6.37. The summed E-state index contributed by atoms with van der Waals surface area (Å²) < 4.78 is 5.05. The van der Waals surface area contributed by atoms with E-state index in [-0.39, 0.29) is 18.0 Å². The van der Waals surface area contributed by atoms with Crippen LogP contribution < -0.4 is 21.3 Å². The number of hydrogen-bond donors (Lipinski definition) is 4. The van der Waals surface area contributed by atoms with E-state index in [1.165, 1.54) is 11.3 Å². The predicted molar refractivity (Wildman–Crippen MR) is 148 cm³/mol. The van der Waals surface area contributed by atoms with Gasteiger partial charge in [0, 0.05) is 37.3 Å². The van der Waals surface area contributed by atoms with E-state index in [0.29, 0.717) is 36.5 Å². The Morgan fingerprint density at radius 3 is 2.95 bits per heavy atom. The van der Waals surface area contributed by atoms with Gasteiger partial charge in [0.25, 0.3) is 5.91 Å². The number of rotatable bonds is 9. The SMILES string of the molecule is COCCN=C(NC#N)NC1CC(NC(=O)c2sccc2NCc2ccnc3ccccc23)CC[C@H]1C. The molecule has 0 saturated heterocycles. The summed E-state index contributed by atoms with van der Waals surface area (Å²) in [5, 5.41) is 24.8. The number of carbonyl (C=O) groups excluding carboxylic acids is 1. The molecule has 0 aliphatic heterocycles. The van der Waals surface area contributed by atoms with Crippen molar-refractivity contribution in [1.82, 2.24) is 20.9 Å². The van der Waals surface area contributed by atoms with Crippen molar-refractivity contribution in [2.75, 3.05) is 25.6 Å². The highest BCUT2D eigenvalue weighted by Gasteiger charge is 2.30. The number of aliphatic imine (C=N–C) groups is 1. The Morgan fingerprint density at radius 2 is 2.11 bits per heavy atom. The van der Waals surface area contributed by atoms with Gasteiger partial charge in [-0.15, -0.1) is 11.3 Å². The number of guanidine groups is 1. The molecule has 194 valence electrons. The molecule has 0 spiro atoms. The van der Waals surface area contributed by atoms with Crippen molar-refractivity contribution in [2.24, 2.45) is 10.9 Å². The Bertz CT molecular complexity index is 1260. The maximum atomic E-state index is 13.2. The van der Waals surface area contributed by atoms with Gasteiger partial charge in [-0.2, -0.15) is 5.26 Å². The van der Waals surface area contributed by atoms with Crippen molar-refractivity contribution in [3.8, 4) is 6.19 Å². The standard InChI is InChI=1S/C27H33N7O2S/c1-18-7-8-20(15-24(18)34-27(32-17-28)30-12-13-36-2)33-26(35)25-23(10-14-37-25)31-16-19-9-11-29-22-6-4-3-5-21(19)22/h3-6,9-11,14,18,20,24,31H,7-8,12-13,15-16H2,1-2H3,(H,33,35)(H2,30,32,34)/t18-,20?,24?/m1/s1. The van der Waals surface area contributed by atoms with Gasteiger partial charge < -0.3 is 20.7 Å². The van der Waals surface area contributed by atoms with Crippen molar-refractivity contribution < 1.29 is 9.53 Å². The highest BCUT2D eigenvalue weighted by atomic mass is 32.1. The van der Waals surface area contributed by atoms with Gasteiger partial charge in [-0.05, 0) is 54.3 Å². The van der Waals surface area contributed by atoms with E-state index in [1.54, 1.807) is 7.11 Å². The van der Waals surface area contributed by atoms with Gasteiger partial charge in [0.05, 0.1) is 24.4 Å². The molecule has 1 aromatic carbocycles. The molecular formula is C27H33N7O2S. The van der Waals surface area contributed by atoms with Crippen molar-refractivity contribution in [2.45, 2.75) is 44.8 Å². The molecule has 10 heteroatoms. The summed E-state index contributed by atoms with van der Waals surface area (Å²) in [7, 11) is 1.62. The number of nitrogens with one attached hydrogen (secondary N) is 4. The van der Waals surface area contributed by atoms with Gasteiger partial charge >= 0.3 is 0 Å². The van der Waals surface area contributed by atoms with Gasteiger partial charge in [-0.3, -0.25) is 20.1 Å². The summed E-state index contributed by atoms with van der Waals surface area (Å²) in [6.45, 7) is 3.72. The molecule has 3 aromatic rings.